The van der Waals surface area contributed by atoms with Crippen molar-refractivity contribution in [2.75, 3.05) is 11.9 Å². The Bertz CT molecular complexity index is 408. The van der Waals surface area contributed by atoms with Crippen LogP contribution in [-0.2, 0) is 6.42 Å². The van der Waals surface area contributed by atoms with Crippen molar-refractivity contribution in [2.24, 2.45) is 17.8 Å². The molecule has 19 heavy (non-hydrogen) atoms. The van der Waals surface area contributed by atoms with Crippen molar-refractivity contribution in [1.29, 1.82) is 0 Å². The van der Waals surface area contributed by atoms with Crippen molar-refractivity contribution in [2.45, 2.75) is 48.0 Å². The summed E-state index contributed by atoms with van der Waals surface area (Å²) in [5.74, 6) is 3.59. The molecule has 4 heteroatoms. The van der Waals surface area contributed by atoms with Crippen LogP contribution in [0.3, 0.4) is 0 Å². The monoisotopic (exact) mass is 283 g/mol. The largest absolute Gasteiger partial charge is 0.369 e. The minimum atomic E-state index is 0.556. The van der Waals surface area contributed by atoms with Crippen LogP contribution >= 0.6 is 11.6 Å². The van der Waals surface area contributed by atoms with Gasteiger partial charge in [-0.3, -0.25) is 0 Å². The third-order valence-electron chi connectivity index (χ3n) is 3.67. The third kappa shape index (κ3) is 4.34. The summed E-state index contributed by atoms with van der Waals surface area (Å²) in [6, 6.07) is 0. The molecule has 0 saturated heterocycles. The lowest BCUT2D eigenvalue weighted by Crippen LogP contribution is -2.25. The molecular formula is C15H26ClN3. The lowest BCUT2D eigenvalue weighted by atomic mass is 9.85. The first-order chi connectivity index (χ1) is 8.86. The highest BCUT2D eigenvalue weighted by Gasteiger charge is 2.18. The van der Waals surface area contributed by atoms with E-state index in [1.165, 1.54) is 0 Å². The summed E-state index contributed by atoms with van der Waals surface area (Å²) in [6.45, 7) is 14.0. The topological polar surface area (TPSA) is 37.8 Å². The number of hydrogen-bond donors (Lipinski definition) is 1. The second-order valence-corrected chi connectivity index (χ2v) is 6.15. The molecule has 0 fully saturated rings. The van der Waals surface area contributed by atoms with Crippen molar-refractivity contribution in [3.8, 4) is 0 Å². The van der Waals surface area contributed by atoms with Gasteiger partial charge >= 0.3 is 0 Å². The van der Waals surface area contributed by atoms with Crippen LogP contribution in [0.5, 0.6) is 0 Å². The number of rotatable bonds is 6. The molecule has 0 aromatic carbocycles. The zero-order chi connectivity index (χ0) is 14.6. The second-order valence-electron chi connectivity index (χ2n) is 5.79. The summed E-state index contributed by atoms with van der Waals surface area (Å²) in [5, 5.41) is 4.01. The Labute approximate surface area is 122 Å². The molecule has 0 saturated carbocycles. The fraction of sp³-hybridized carbons (Fsp3) is 0.733. The second kappa shape index (κ2) is 7.09. The minimum absolute atomic E-state index is 0.556. The normalized spacial score (nSPS) is 11.7. The van der Waals surface area contributed by atoms with E-state index in [0.717, 1.165) is 30.2 Å². The zero-order valence-electron chi connectivity index (χ0n) is 12.9. The summed E-state index contributed by atoms with van der Waals surface area (Å²) in [5.41, 5.74) is 0.935. The van der Waals surface area contributed by atoms with Gasteiger partial charge in [-0.15, -0.1) is 0 Å². The van der Waals surface area contributed by atoms with Crippen molar-refractivity contribution < 1.29 is 0 Å². The molecule has 0 radical (unpaired) electrons. The molecule has 0 unspecified atom stereocenters. The van der Waals surface area contributed by atoms with Gasteiger partial charge in [-0.25, -0.2) is 9.97 Å². The van der Waals surface area contributed by atoms with Gasteiger partial charge in [0, 0.05) is 18.5 Å². The van der Waals surface area contributed by atoms with E-state index >= 15 is 0 Å². The maximum atomic E-state index is 6.15. The van der Waals surface area contributed by atoms with Gasteiger partial charge in [0.2, 0.25) is 0 Å². The predicted molar refractivity (Wildman–Crippen MR) is 82.8 cm³/mol. The van der Waals surface area contributed by atoms with Crippen molar-refractivity contribution in [3.05, 3.63) is 16.5 Å². The van der Waals surface area contributed by atoms with Gasteiger partial charge in [-0.05, 0) is 24.7 Å². The number of halogens is 1. The predicted octanol–water partition coefficient (Wildman–Crippen LogP) is 4.34. The van der Waals surface area contributed by atoms with E-state index in [-0.39, 0.29) is 0 Å². The van der Waals surface area contributed by atoms with E-state index in [1.807, 2.05) is 13.8 Å². The Kier molecular flexibility index (Phi) is 6.05. The minimum Gasteiger partial charge on any atom is -0.369 e. The first-order valence-corrected chi connectivity index (χ1v) is 7.51. The molecule has 3 nitrogen and oxygen atoms in total. The Morgan fingerprint density at radius 2 is 1.68 bits per heavy atom. The third-order valence-corrected chi connectivity index (χ3v) is 4.03. The molecule has 0 amide bonds. The molecular weight excluding hydrogens is 258 g/mol. The highest BCUT2D eigenvalue weighted by atomic mass is 35.5. The van der Waals surface area contributed by atoms with Crippen LogP contribution in [0.15, 0.2) is 0 Å². The quantitative estimate of drug-likeness (QED) is 0.789. The van der Waals surface area contributed by atoms with Crippen LogP contribution in [0.1, 0.15) is 46.0 Å². The maximum absolute atomic E-state index is 6.15. The number of hydrogen-bond acceptors (Lipinski definition) is 3. The summed E-state index contributed by atoms with van der Waals surface area (Å²) >= 11 is 6.15. The number of nitrogens with one attached hydrogen (secondary N) is 1. The smallest absolute Gasteiger partial charge is 0.137 e. The van der Waals surface area contributed by atoms with E-state index in [9.17, 15) is 0 Å². The van der Waals surface area contributed by atoms with Crippen LogP contribution in [0.25, 0.3) is 0 Å². The first kappa shape index (κ1) is 16.2. The van der Waals surface area contributed by atoms with Gasteiger partial charge in [0.05, 0.1) is 0 Å². The lowest BCUT2D eigenvalue weighted by molar-refractivity contribution is 0.304. The van der Waals surface area contributed by atoms with Crippen LogP contribution in [0, 0.1) is 24.7 Å². The molecule has 108 valence electrons. The Morgan fingerprint density at radius 3 is 2.16 bits per heavy atom. The maximum Gasteiger partial charge on any atom is 0.137 e. The van der Waals surface area contributed by atoms with Gasteiger partial charge in [-0.1, -0.05) is 46.2 Å². The number of anilines is 1. The SMILES string of the molecule is CCc1nc(Cl)c(C)c(NCC(C(C)C)C(C)C)n1. The molecule has 0 aliphatic heterocycles. The summed E-state index contributed by atoms with van der Waals surface area (Å²) in [6.07, 6.45) is 0.798. The molecule has 0 spiro atoms. The lowest BCUT2D eigenvalue weighted by Gasteiger charge is -2.25. The highest BCUT2D eigenvalue weighted by molar-refractivity contribution is 6.30. The first-order valence-electron chi connectivity index (χ1n) is 7.13. The van der Waals surface area contributed by atoms with Crippen LogP contribution < -0.4 is 5.32 Å². The molecule has 1 N–H and O–H groups in total. The molecule has 0 bridgehead atoms. The van der Waals surface area contributed by atoms with Crippen LogP contribution in [0.2, 0.25) is 5.15 Å². The van der Waals surface area contributed by atoms with Crippen LogP contribution in [-0.4, -0.2) is 16.5 Å². The van der Waals surface area contributed by atoms with Gasteiger partial charge in [0.25, 0.3) is 0 Å². The standard InChI is InChI=1S/C15H26ClN3/c1-7-13-18-14(16)11(6)15(19-13)17-8-12(9(2)3)10(4)5/h9-10,12H,7-8H2,1-6H3,(H,17,18,19). The number of aryl methyl sites for hydroxylation is 1. The molecule has 1 aromatic rings. The highest BCUT2D eigenvalue weighted by Crippen LogP contribution is 2.24. The van der Waals surface area contributed by atoms with Gasteiger partial charge in [-0.2, -0.15) is 0 Å². The van der Waals surface area contributed by atoms with Crippen molar-refractivity contribution in [3.63, 3.8) is 0 Å². The fourth-order valence-corrected chi connectivity index (χ4v) is 2.51. The number of aromatic nitrogens is 2. The summed E-state index contributed by atoms with van der Waals surface area (Å²) in [4.78, 5) is 8.80. The zero-order valence-corrected chi connectivity index (χ0v) is 13.7. The van der Waals surface area contributed by atoms with E-state index in [0.29, 0.717) is 22.9 Å². The van der Waals surface area contributed by atoms with Gasteiger partial charge in [0.1, 0.15) is 16.8 Å². The molecule has 1 rings (SSSR count). The average molecular weight is 284 g/mol. The number of nitrogens with zero attached hydrogens (tertiary/aromatic N) is 2. The molecule has 1 heterocycles. The van der Waals surface area contributed by atoms with Crippen molar-refractivity contribution in [1.82, 2.24) is 9.97 Å². The molecule has 0 atom stereocenters. The van der Waals surface area contributed by atoms with Crippen LogP contribution in [0.4, 0.5) is 5.82 Å². The van der Waals surface area contributed by atoms with E-state index in [1.54, 1.807) is 0 Å². The summed E-state index contributed by atoms with van der Waals surface area (Å²) in [7, 11) is 0. The molecule has 0 aliphatic carbocycles. The van der Waals surface area contributed by atoms with E-state index in [2.05, 4.69) is 43.0 Å². The Balaban J connectivity index is 2.84. The molecule has 1 aromatic heterocycles. The summed E-state index contributed by atoms with van der Waals surface area (Å²) < 4.78 is 0. The van der Waals surface area contributed by atoms with Gasteiger partial charge < -0.3 is 5.32 Å². The molecule has 0 aliphatic rings. The Hall–Kier alpha value is -0.830. The average Bonchev–Trinajstić information content (AvgIpc) is 2.33. The van der Waals surface area contributed by atoms with Gasteiger partial charge in [0.15, 0.2) is 0 Å². The fourth-order valence-electron chi connectivity index (χ4n) is 2.32. The van der Waals surface area contributed by atoms with E-state index in [4.69, 9.17) is 11.6 Å². The van der Waals surface area contributed by atoms with Crippen molar-refractivity contribution >= 4 is 17.4 Å². The van der Waals surface area contributed by atoms with E-state index < -0.39 is 0 Å². The Morgan fingerprint density at radius 1 is 1.11 bits per heavy atom.